The Morgan fingerprint density at radius 1 is 1.13 bits per heavy atom. The van der Waals surface area contributed by atoms with E-state index in [9.17, 15) is 26.7 Å². The van der Waals surface area contributed by atoms with Crippen molar-refractivity contribution in [3.05, 3.63) is 60.1 Å². The number of furan rings is 1. The Kier molecular flexibility index (Phi) is 5.86. The van der Waals surface area contributed by atoms with Crippen molar-refractivity contribution in [2.45, 2.75) is 25.3 Å². The molecule has 0 atom stereocenters. The molecule has 6 rings (SSSR count). The van der Waals surface area contributed by atoms with Crippen LogP contribution in [0.25, 0.3) is 33.2 Å². The molecular formula is C26H21F5N4O3. The standard InChI is InChI=1S/C26H21F5N4O3/c27-25(28)38-22-7-16(5-15-3-4-34(13-26(29,30)31)24(36)23(15)22)20-12-37-21-6-14(1-2-19(20)21)17-8-33-35(11-17)18-9-32-10-18/h1-2,5-8,11-12,18,25,32H,3-4,9-10,13H2. The molecule has 2 aliphatic heterocycles. The summed E-state index contributed by atoms with van der Waals surface area (Å²) in [5.74, 6) is -1.46. The molecule has 12 heteroatoms. The topological polar surface area (TPSA) is 72.5 Å². The summed E-state index contributed by atoms with van der Waals surface area (Å²) >= 11 is 0. The lowest BCUT2D eigenvalue weighted by Crippen LogP contribution is -2.43. The number of fused-ring (bicyclic) bond motifs is 2. The van der Waals surface area contributed by atoms with Crippen molar-refractivity contribution in [1.82, 2.24) is 20.0 Å². The van der Waals surface area contributed by atoms with Gasteiger partial charge in [-0.2, -0.15) is 27.1 Å². The zero-order valence-electron chi connectivity index (χ0n) is 19.8. The number of amides is 1. The summed E-state index contributed by atoms with van der Waals surface area (Å²) in [5.41, 5.74) is 3.45. The molecule has 1 N–H and O–H groups in total. The number of nitrogens with zero attached hydrogens (tertiary/aromatic N) is 3. The molecule has 2 aliphatic rings. The average Bonchev–Trinajstić information content (AvgIpc) is 3.45. The number of carbonyl (C=O) groups excluding carboxylic acids is 1. The highest BCUT2D eigenvalue weighted by molar-refractivity contribution is 6.02. The molecule has 38 heavy (non-hydrogen) atoms. The lowest BCUT2D eigenvalue weighted by atomic mass is 9.92. The van der Waals surface area contributed by atoms with E-state index in [1.54, 1.807) is 12.3 Å². The van der Waals surface area contributed by atoms with Gasteiger partial charge in [-0.15, -0.1) is 0 Å². The molecular weight excluding hydrogens is 511 g/mol. The minimum Gasteiger partial charge on any atom is -0.464 e. The summed E-state index contributed by atoms with van der Waals surface area (Å²) in [4.78, 5) is 13.4. The third-order valence-corrected chi connectivity index (χ3v) is 6.88. The van der Waals surface area contributed by atoms with Gasteiger partial charge in [0.15, 0.2) is 0 Å². The molecule has 0 unspecified atom stereocenters. The highest BCUT2D eigenvalue weighted by atomic mass is 19.4. The summed E-state index contributed by atoms with van der Waals surface area (Å²) in [6.45, 7) is -3.19. The van der Waals surface area contributed by atoms with Crippen molar-refractivity contribution in [2.24, 2.45) is 0 Å². The van der Waals surface area contributed by atoms with Crippen molar-refractivity contribution >= 4 is 16.9 Å². The fourth-order valence-corrected chi connectivity index (χ4v) is 4.92. The van der Waals surface area contributed by atoms with Crippen molar-refractivity contribution in [1.29, 1.82) is 0 Å². The van der Waals surface area contributed by atoms with Gasteiger partial charge in [-0.3, -0.25) is 9.48 Å². The molecule has 7 nitrogen and oxygen atoms in total. The smallest absolute Gasteiger partial charge is 0.406 e. The van der Waals surface area contributed by atoms with Crippen LogP contribution in [0.1, 0.15) is 22.0 Å². The van der Waals surface area contributed by atoms with E-state index >= 15 is 0 Å². The lowest BCUT2D eigenvalue weighted by molar-refractivity contribution is -0.141. The van der Waals surface area contributed by atoms with Crippen molar-refractivity contribution < 1.29 is 35.9 Å². The molecule has 0 radical (unpaired) electrons. The fourth-order valence-electron chi connectivity index (χ4n) is 4.92. The molecule has 2 aromatic heterocycles. The van der Waals surface area contributed by atoms with Gasteiger partial charge in [-0.05, 0) is 47.4 Å². The van der Waals surface area contributed by atoms with Gasteiger partial charge in [0, 0.05) is 42.3 Å². The number of halogens is 5. The Hall–Kier alpha value is -3.93. The summed E-state index contributed by atoms with van der Waals surface area (Å²) in [5, 5.41) is 8.34. The van der Waals surface area contributed by atoms with Crippen LogP contribution in [-0.4, -0.2) is 59.6 Å². The average molecular weight is 532 g/mol. The van der Waals surface area contributed by atoms with Gasteiger partial charge in [0.1, 0.15) is 17.9 Å². The quantitative estimate of drug-likeness (QED) is 0.343. The number of rotatable bonds is 6. The number of benzene rings is 2. The molecule has 4 aromatic rings. The molecule has 0 aliphatic carbocycles. The van der Waals surface area contributed by atoms with Crippen LogP contribution in [0.5, 0.6) is 5.75 Å². The summed E-state index contributed by atoms with van der Waals surface area (Å²) in [6, 6.07) is 8.78. The predicted molar refractivity (Wildman–Crippen MR) is 127 cm³/mol. The number of alkyl halides is 5. The number of carbonyl (C=O) groups is 1. The maximum Gasteiger partial charge on any atom is 0.406 e. The summed E-state index contributed by atoms with van der Waals surface area (Å²) < 4.78 is 77.6. The van der Waals surface area contributed by atoms with Crippen molar-refractivity contribution in [2.75, 3.05) is 26.2 Å². The van der Waals surface area contributed by atoms with Gasteiger partial charge in [-0.25, -0.2) is 0 Å². The van der Waals surface area contributed by atoms with Crippen LogP contribution in [0, 0.1) is 0 Å². The third kappa shape index (κ3) is 4.49. The van der Waals surface area contributed by atoms with Crippen molar-refractivity contribution in [3.63, 3.8) is 0 Å². The molecule has 1 saturated heterocycles. The van der Waals surface area contributed by atoms with Crippen LogP contribution in [0.3, 0.4) is 0 Å². The molecule has 198 valence electrons. The highest BCUT2D eigenvalue weighted by Crippen LogP contribution is 2.39. The normalized spacial score (nSPS) is 16.3. The van der Waals surface area contributed by atoms with E-state index in [4.69, 9.17) is 4.42 Å². The second kappa shape index (κ2) is 9.12. The van der Waals surface area contributed by atoms with Gasteiger partial charge in [-0.1, -0.05) is 6.07 Å². The SMILES string of the molecule is O=C1c2c(cc(-c3coc4cc(-c5cnn(C6CNC6)c5)ccc34)cc2OC(F)F)CCN1CC(F)(F)F. The van der Waals surface area contributed by atoms with Gasteiger partial charge in [0.2, 0.25) is 0 Å². The number of hydrogen-bond donors (Lipinski definition) is 1. The Balaban J connectivity index is 1.36. The first-order valence-electron chi connectivity index (χ1n) is 11.9. The number of ether oxygens (including phenoxy) is 1. The highest BCUT2D eigenvalue weighted by Gasteiger charge is 2.37. The largest absolute Gasteiger partial charge is 0.464 e. The van der Waals surface area contributed by atoms with Gasteiger partial charge < -0.3 is 19.4 Å². The molecule has 1 fully saturated rings. The number of nitrogens with one attached hydrogen (secondary N) is 1. The summed E-state index contributed by atoms with van der Waals surface area (Å²) in [7, 11) is 0. The van der Waals surface area contributed by atoms with E-state index in [2.05, 4.69) is 15.2 Å². The minimum atomic E-state index is -4.61. The maximum absolute atomic E-state index is 13.2. The minimum absolute atomic E-state index is 0.0605. The monoisotopic (exact) mass is 532 g/mol. The van der Waals surface area contributed by atoms with E-state index < -0.39 is 31.0 Å². The van der Waals surface area contributed by atoms with Crippen LogP contribution in [0.4, 0.5) is 22.0 Å². The van der Waals surface area contributed by atoms with Crippen LogP contribution < -0.4 is 10.1 Å². The van der Waals surface area contributed by atoms with Crippen LogP contribution >= 0.6 is 0 Å². The Bertz CT molecular complexity index is 1520. The van der Waals surface area contributed by atoms with Crippen molar-refractivity contribution in [3.8, 4) is 28.0 Å². The third-order valence-electron chi connectivity index (χ3n) is 6.88. The number of aromatic nitrogens is 2. The molecule has 4 heterocycles. The van der Waals surface area contributed by atoms with E-state index in [1.807, 2.05) is 29.1 Å². The van der Waals surface area contributed by atoms with Crippen LogP contribution in [-0.2, 0) is 6.42 Å². The second-order valence-corrected chi connectivity index (χ2v) is 9.36. The first-order chi connectivity index (χ1) is 18.2. The predicted octanol–water partition coefficient (Wildman–Crippen LogP) is 5.27. The molecule has 0 spiro atoms. The molecule has 1 amide bonds. The van der Waals surface area contributed by atoms with Gasteiger partial charge in [0.05, 0.1) is 24.1 Å². The zero-order chi connectivity index (χ0) is 26.6. The maximum atomic E-state index is 13.2. The number of hydrogen-bond acceptors (Lipinski definition) is 5. The van der Waals surface area contributed by atoms with Crippen LogP contribution in [0.2, 0.25) is 0 Å². The Morgan fingerprint density at radius 2 is 1.95 bits per heavy atom. The lowest BCUT2D eigenvalue weighted by Gasteiger charge is -2.30. The Labute approximate surface area is 212 Å². The van der Waals surface area contributed by atoms with Gasteiger partial charge in [0.25, 0.3) is 5.91 Å². The fraction of sp³-hybridized carbons (Fsp3) is 0.308. The van der Waals surface area contributed by atoms with E-state index in [-0.39, 0.29) is 18.5 Å². The van der Waals surface area contributed by atoms with E-state index in [0.29, 0.717) is 38.6 Å². The van der Waals surface area contributed by atoms with E-state index in [0.717, 1.165) is 24.2 Å². The summed E-state index contributed by atoms with van der Waals surface area (Å²) in [6.07, 6.45) is 0.669. The second-order valence-electron chi connectivity index (χ2n) is 9.36. The molecule has 2 aromatic carbocycles. The van der Waals surface area contributed by atoms with E-state index in [1.165, 1.54) is 12.3 Å². The first kappa shape index (κ1) is 24.4. The molecule has 0 saturated carbocycles. The van der Waals surface area contributed by atoms with Crippen LogP contribution in [0.15, 0.2) is 53.4 Å². The Morgan fingerprint density at radius 3 is 2.66 bits per heavy atom. The van der Waals surface area contributed by atoms with Gasteiger partial charge >= 0.3 is 12.8 Å². The zero-order valence-corrected chi connectivity index (χ0v) is 19.8. The molecule has 0 bridgehead atoms. The first-order valence-corrected chi connectivity index (χ1v) is 11.9.